The minimum Gasteiger partial charge on any atom is -0.368 e. The van der Waals surface area contributed by atoms with Crippen molar-refractivity contribution in [1.82, 2.24) is 4.90 Å². The van der Waals surface area contributed by atoms with E-state index in [1.54, 1.807) is 12.1 Å². The molecule has 5 nitrogen and oxygen atoms in total. The van der Waals surface area contributed by atoms with E-state index < -0.39 is 0 Å². The molecule has 1 aliphatic carbocycles. The van der Waals surface area contributed by atoms with Crippen molar-refractivity contribution in [1.29, 1.82) is 0 Å². The summed E-state index contributed by atoms with van der Waals surface area (Å²) in [6.07, 6.45) is 5.38. The van der Waals surface area contributed by atoms with Crippen LogP contribution in [0.4, 0.5) is 11.4 Å². The van der Waals surface area contributed by atoms with Gasteiger partial charge in [-0.1, -0.05) is 0 Å². The fraction of sp³-hybridized carbons (Fsp3) is 0.600. The molecule has 20 heavy (non-hydrogen) atoms. The third-order valence-electron chi connectivity index (χ3n) is 4.93. The van der Waals surface area contributed by atoms with Crippen molar-refractivity contribution in [3.63, 3.8) is 0 Å². The number of fused-ring (bicyclic) bond motifs is 2. The van der Waals surface area contributed by atoms with Crippen LogP contribution in [0.5, 0.6) is 0 Å². The third kappa shape index (κ3) is 1.97. The lowest BCUT2D eigenvalue weighted by atomic mass is 10.1. The van der Waals surface area contributed by atoms with E-state index in [-0.39, 0.29) is 10.6 Å². The molecular formula is C15H19N3O2. The summed E-state index contributed by atoms with van der Waals surface area (Å²) in [6.45, 7) is 2.15. The number of rotatable bonds is 3. The van der Waals surface area contributed by atoms with Gasteiger partial charge in [-0.25, -0.2) is 0 Å². The Labute approximate surface area is 118 Å². The molecule has 0 N–H and O–H groups in total. The highest BCUT2D eigenvalue weighted by Crippen LogP contribution is 2.40. The number of benzene rings is 1. The van der Waals surface area contributed by atoms with Crippen molar-refractivity contribution < 1.29 is 4.92 Å². The molecule has 3 fully saturated rings. The first-order valence-corrected chi connectivity index (χ1v) is 7.49. The Morgan fingerprint density at radius 3 is 2.00 bits per heavy atom. The van der Waals surface area contributed by atoms with Crippen LogP contribution < -0.4 is 4.90 Å². The molecule has 2 aliphatic heterocycles. The first-order valence-electron chi connectivity index (χ1n) is 7.49. The van der Waals surface area contributed by atoms with Crippen LogP contribution in [0, 0.1) is 10.1 Å². The smallest absolute Gasteiger partial charge is 0.269 e. The van der Waals surface area contributed by atoms with Crippen LogP contribution in [0.3, 0.4) is 0 Å². The van der Waals surface area contributed by atoms with Gasteiger partial charge in [0.1, 0.15) is 0 Å². The largest absolute Gasteiger partial charge is 0.368 e. The second kappa shape index (κ2) is 4.45. The van der Waals surface area contributed by atoms with E-state index in [2.05, 4.69) is 9.80 Å². The van der Waals surface area contributed by atoms with Crippen molar-refractivity contribution in [3.05, 3.63) is 34.4 Å². The third-order valence-corrected chi connectivity index (χ3v) is 4.93. The minimum absolute atomic E-state index is 0.174. The van der Waals surface area contributed by atoms with Crippen molar-refractivity contribution in [2.24, 2.45) is 0 Å². The highest BCUT2D eigenvalue weighted by atomic mass is 16.6. The van der Waals surface area contributed by atoms with E-state index in [4.69, 9.17) is 0 Å². The summed E-state index contributed by atoms with van der Waals surface area (Å²) in [7, 11) is 0. The number of anilines is 1. The lowest BCUT2D eigenvalue weighted by molar-refractivity contribution is -0.384. The Bertz CT molecular complexity index is 512. The average molecular weight is 273 g/mol. The van der Waals surface area contributed by atoms with Gasteiger partial charge in [0.25, 0.3) is 5.69 Å². The molecule has 2 bridgehead atoms. The molecule has 4 rings (SSSR count). The predicted octanol–water partition coefficient (Wildman–Crippen LogP) is 2.41. The maximum absolute atomic E-state index is 10.7. The standard InChI is InChI=1S/C15H19N3O2/c19-18(20)13-5-1-11(2-6-13)16-9-14-7-8-15(10-16)17(14)12-3-4-12/h1-2,5-6,12,14-15H,3-4,7-10H2. The van der Waals surface area contributed by atoms with Gasteiger partial charge >= 0.3 is 0 Å². The molecule has 0 aromatic heterocycles. The van der Waals surface area contributed by atoms with Gasteiger partial charge in [0.15, 0.2) is 0 Å². The zero-order valence-electron chi connectivity index (χ0n) is 11.4. The molecule has 2 unspecified atom stereocenters. The summed E-state index contributed by atoms with van der Waals surface area (Å²) < 4.78 is 0. The van der Waals surface area contributed by atoms with Crippen LogP contribution in [-0.2, 0) is 0 Å². The van der Waals surface area contributed by atoms with Gasteiger partial charge < -0.3 is 4.90 Å². The van der Waals surface area contributed by atoms with Crippen molar-refractivity contribution >= 4 is 11.4 Å². The number of nitro groups is 1. The van der Waals surface area contributed by atoms with Gasteiger partial charge in [-0.05, 0) is 37.8 Å². The fourth-order valence-corrected chi connectivity index (χ4v) is 3.90. The van der Waals surface area contributed by atoms with E-state index in [0.29, 0.717) is 12.1 Å². The zero-order chi connectivity index (χ0) is 13.7. The lowest BCUT2D eigenvalue weighted by Crippen LogP contribution is -2.54. The zero-order valence-corrected chi connectivity index (χ0v) is 11.4. The van der Waals surface area contributed by atoms with E-state index in [1.165, 1.54) is 25.7 Å². The Kier molecular flexibility index (Phi) is 2.70. The van der Waals surface area contributed by atoms with Gasteiger partial charge in [-0.2, -0.15) is 0 Å². The van der Waals surface area contributed by atoms with Gasteiger partial charge in [0.2, 0.25) is 0 Å². The summed E-state index contributed by atoms with van der Waals surface area (Å²) in [5, 5.41) is 10.7. The van der Waals surface area contributed by atoms with Gasteiger partial charge in [-0.15, -0.1) is 0 Å². The van der Waals surface area contributed by atoms with Crippen LogP contribution in [0.25, 0.3) is 0 Å². The maximum atomic E-state index is 10.7. The molecule has 0 amide bonds. The maximum Gasteiger partial charge on any atom is 0.269 e. The topological polar surface area (TPSA) is 49.6 Å². The molecule has 3 aliphatic rings. The van der Waals surface area contributed by atoms with Crippen LogP contribution in [0.15, 0.2) is 24.3 Å². The first kappa shape index (κ1) is 12.1. The first-order chi connectivity index (χ1) is 9.72. The summed E-state index contributed by atoms with van der Waals surface area (Å²) in [5.74, 6) is 0. The van der Waals surface area contributed by atoms with Crippen molar-refractivity contribution in [3.8, 4) is 0 Å². The molecule has 0 radical (unpaired) electrons. The Hall–Kier alpha value is -1.62. The number of nitro benzene ring substituents is 1. The second-order valence-electron chi connectivity index (χ2n) is 6.24. The molecule has 2 heterocycles. The monoisotopic (exact) mass is 273 g/mol. The van der Waals surface area contributed by atoms with Gasteiger partial charge in [-0.3, -0.25) is 15.0 Å². The SMILES string of the molecule is O=[N+]([O-])c1ccc(N2CC3CCC(C2)N3C2CC2)cc1. The quantitative estimate of drug-likeness (QED) is 0.627. The Morgan fingerprint density at radius 1 is 0.950 bits per heavy atom. The normalized spacial score (nSPS) is 29.7. The fourth-order valence-electron chi connectivity index (χ4n) is 3.90. The minimum atomic E-state index is -0.335. The van der Waals surface area contributed by atoms with Crippen molar-refractivity contribution in [2.75, 3.05) is 18.0 Å². The summed E-state index contributed by atoms with van der Waals surface area (Å²) >= 11 is 0. The highest BCUT2D eigenvalue weighted by Gasteiger charge is 2.46. The second-order valence-corrected chi connectivity index (χ2v) is 6.24. The Balaban J connectivity index is 1.51. The molecule has 1 saturated carbocycles. The number of non-ortho nitro benzene ring substituents is 1. The molecule has 1 aromatic carbocycles. The molecule has 2 saturated heterocycles. The highest BCUT2D eigenvalue weighted by molar-refractivity contribution is 5.52. The van der Waals surface area contributed by atoms with Gasteiger partial charge in [0.05, 0.1) is 4.92 Å². The molecule has 0 spiro atoms. The summed E-state index contributed by atoms with van der Waals surface area (Å²) in [4.78, 5) is 15.5. The van der Waals surface area contributed by atoms with Gasteiger partial charge in [0, 0.05) is 49.0 Å². The van der Waals surface area contributed by atoms with Crippen LogP contribution in [0.1, 0.15) is 25.7 Å². The average Bonchev–Trinajstić information content (AvgIpc) is 3.26. The summed E-state index contributed by atoms with van der Waals surface area (Å²) in [6, 6.07) is 9.25. The van der Waals surface area contributed by atoms with Crippen LogP contribution in [-0.4, -0.2) is 41.0 Å². The number of piperazine rings is 1. The molecule has 2 atom stereocenters. The van der Waals surface area contributed by atoms with Crippen LogP contribution >= 0.6 is 0 Å². The van der Waals surface area contributed by atoms with E-state index >= 15 is 0 Å². The molecule has 106 valence electrons. The Morgan fingerprint density at radius 2 is 1.50 bits per heavy atom. The van der Waals surface area contributed by atoms with E-state index in [0.717, 1.165) is 24.8 Å². The predicted molar refractivity (Wildman–Crippen MR) is 77.0 cm³/mol. The molecule has 1 aromatic rings. The molecule has 5 heteroatoms. The number of hydrogen-bond acceptors (Lipinski definition) is 4. The van der Waals surface area contributed by atoms with E-state index in [9.17, 15) is 10.1 Å². The molecular weight excluding hydrogens is 254 g/mol. The number of hydrogen-bond donors (Lipinski definition) is 0. The summed E-state index contributed by atoms with van der Waals surface area (Å²) in [5.41, 5.74) is 1.30. The lowest BCUT2D eigenvalue weighted by Gasteiger charge is -2.42. The van der Waals surface area contributed by atoms with E-state index in [1.807, 2.05) is 12.1 Å². The number of nitrogens with zero attached hydrogens (tertiary/aromatic N) is 3. The van der Waals surface area contributed by atoms with Crippen molar-refractivity contribution in [2.45, 2.75) is 43.8 Å². The van der Waals surface area contributed by atoms with Crippen LogP contribution in [0.2, 0.25) is 0 Å².